The lowest BCUT2D eigenvalue weighted by Crippen LogP contribution is -2.15. The number of hydrogen-bond acceptors (Lipinski definition) is 6. The maximum Gasteiger partial charge on any atom is 0.272 e. The lowest BCUT2D eigenvalue weighted by Gasteiger charge is -2.18. The van der Waals surface area contributed by atoms with Crippen LogP contribution in [-0.2, 0) is 13.0 Å². The Kier molecular flexibility index (Phi) is 7.56. The van der Waals surface area contributed by atoms with Gasteiger partial charge in [0.2, 0.25) is 5.75 Å². The zero-order valence-corrected chi connectivity index (χ0v) is 22.1. The number of rotatable bonds is 10. The number of aliphatic hydroxyl groups excluding tert-OH is 1. The van der Waals surface area contributed by atoms with Gasteiger partial charge in [-0.25, -0.2) is 0 Å². The fraction of sp³-hybridized carbons (Fsp3) is 0.194. The summed E-state index contributed by atoms with van der Waals surface area (Å²) in [7, 11) is 4.63. The van der Waals surface area contributed by atoms with Crippen molar-refractivity contribution in [3.05, 3.63) is 89.6 Å². The van der Waals surface area contributed by atoms with E-state index in [0.29, 0.717) is 47.1 Å². The minimum absolute atomic E-state index is 0.0488. The molecule has 39 heavy (non-hydrogen) atoms. The van der Waals surface area contributed by atoms with Crippen molar-refractivity contribution < 1.29 is 24.1 Å². The van der Waals surface area contributed by atoms with Gasteiger partial charge in [-0.2, -0.15) is 0 Å². The summed E-state index contributed by atoms with van der Waals surface area (Å²) in [5.41, 5.74) is 4.50. The number of aromatic nitrogens is 1. The topological polar surface area (TPSA) is 105 Å². The van der Waals surface area contributed by atoms with E-state index < -0.39 is 0 Å². The van der Waals surface area contributed by atoms with Crippen LogP contribution >= 0.6 is 0 Å². The molecule has 200 valence electrons. The molecule has 0 bridgehead atoms. The molecule has 5 aromatic rings. The smallest absolute Gasteiger partial charge is 0.272 e. The van der Waals surface area contributed by atoms with Gasteiger partial charge in [-0.15, -0.1) is 0 Å². The van der Waals surface area contributed by atoms with Crippen LogP contribution in [0.5, 0.6) is 17.2 Å². The Morgan fingerprint density at radius 2 is 1.56 bits per heavy atom. The van der Waals surface area contributed by atoms with Gasteiger partial charge >= 0.3 is 0 Å². The summed E-state index contributed by atoms with van der Waals surface area (Å²) in [6.45, 7) is 0.579. The molecule has 0 fully saturated rings. The lowest BCUT2D eigenvalue weighted by molar-refractivity contribution is 0.102. The first-order valence-corrected chi connectivity index (χ1v) is 12.6. The normalized spacial score (nSPS) is 11.0. The summed E-state index contributed by atoms with van der Waals surface area (Å²) in [4.78, 5) is 16.7. The summed E-state index contributed by atoms with van der Waals surface area (Å²) >= 11 is 0. The molecule has 1 aromatic heterocycles. The molecule has 1 heterocycles. The molecule has 1 amide bonds. The van der Waals surface area contributed by atoms with E-state index in [0.717, 1.165) is 33.0 Å². The minimum atomic E-state index is -0.324. The molecule has 0 saturated carbocycles. The first kappa shape index (κ1) is 25.9. The predicted octanol–water partition coefficient (Wildman–Crippen LogP) is 5.75. The third-order valence-electron chi connectivity index (χ3n) is 6.76. The van der Waals surface area contributed by atoms with E-state index in [2.05, 4.69) is 27.8 Å². The highest BCUT2D eigenvalue weighted by Crippen LogP contribution is 2.43. The van der Waals surface area contributed by atoms with Crippen molar-refractivity contribution >= 4 is 39.0 Å². The van der Waals surface area contributed by atoms with E-state index in [1.807, 2.05) is 48.5 Å². The number of carbonyl (C=O) groups excluding carboxylic acids is 1. The number of ether oxygens (including phenoxy) is 3. The molecule has 5 rings (SSSR count). The molecular weight excluding hydrogens is 494 g/mol. The van der Waals surface area contributed by atoms with Crippen molar-refractivity contribution in [1.29, 1.82) is 0 Å². The van der Waals surface area contributed by atoms with Crippen molar-refractivity contribution in [3.8, 4) is 17.2 Å². The van der Waals surface area contributed by atoms with Crippen LogP contribution < -0.4 is 24.8 Å². The van der Waals surface area contributed by atoms with Crippen LogP contribution in [-0.4, -0.2) is 43.9 Å². The van der Waals surface area contributed by atoms with Crippen molar-refractivity contribution in [2.45, 2.75) is 13.0 Å². The van der Waals surface area contributed by atoms with Gasteiger partial charge in [-0.3, -0.25) is 4.79 Å². The molecule has 0 spiro atoms. The SMILES string of the molecule is COc1cc2cc(C(=O)Nc3cc(NCc4ccccc4)c4ccccc4c3CCO)[nH]c2c(OC)c1OC. The summed E-state index contributed by atoms with van der Waals surface area (Å²) in [6, 6.07) is 23.6. The second-order valence-electron chi connectivity index (χ2n) is 9.06. The largest absolute Gasteiger partial charge is 0.493 e. The van der Waals surface area contributed by atoms with Gasteiger partial charge in [0.15, 0.2) is 11.5 Å². The molecule has 0 radical (unpaired) electrons. The molecule has 0 aliphatic rings. The van der Waals surface area contributed by atoms with Crippen LogP contribution in [0.25, 0.3) is 21.7 Å². The van der Waals surface area contributed by atoms with Gasteiger partial charge in [-0.05, 0) is 41.1 Å². The number of nitrogens with one attached hydrogen (secondary N) is 3. The molecule has 8 nitrogen and oxygen atoms in total. The van der Waals surface area contributed by atoms with Gasteiger partial charge in [0.25, 0.3) is 5.91 Å². The van der Waals surface area contributed by atoms with Crippen LogP contribution in [0.2, 0.25) is 0 Å². The molecule has 0 aliphatic heterocycles. The highest BCUT2D eigenvalue weighted by molar-refractivity contribution is 6.10. The fourth-order valence-electron chi connectivity index (χ4n) is 4.92. The van der Waals surface area contributed by atoms with Crippen LogP contribution in [0.3, 0.4) is 0 Å². The van der Waals surface area contributed by atoms with E-state index in [9.17, 15) is 9.90 Å². The third-order valence-corrected chi connectivity index (χ3v) is 6.76. The zero-order valence-electron chi connectivity index (χ0n) is 22.1. The van der Waals surface area contributed by atoms with Crippen LogP contribution in [0, 0.1) is 0 Å². The Bertz CT molecular complexity index is 1630. The summed E-state index contributed by atoms with van der Waals surface area (Å²) in [5.74, 6) is 1.07. The number of amides is 1. The maximum absolute atomic E-state index is 13.5. The van der Waals surface area contributed by atoms with Gasteiger partial charge in [0, 0.05) is 35.3 Å². The maximum atomic E-state index is 13.5. The van der Waals surface area contributed by atoms with Crippen LogP contribution in [0.1, 0.15) is 21.6 Å². The Hall–Kier alpha value is -4.69. The Morgan fingerprint density at radius 1 is 0.846 bits per heavy atom. The predicted molar refractivity (Wildman–Crippen MR) is 154 cm³/mol. The minimum Gasteiger partial charge on any atom is -0.493 e. The summed E-state index contributed by atoms with van der Waals surface area (Å²) in [5, 5.41) is 19.2. The lowest BCUT2D eigenvalue weighted by atomic mass is 9.98. The second kappa shape index (κ2) is 11.4. The van der Waals surface area contributed by atoms with Crippen molar-refractivity contribution in [2.24, 2.45) is 0 Å². The van der Waals surface area contributed by atoms with Crippen molar-refractivity contribution in [1.82, 2.24) is 4.98 Å². The second-order valence-corrected chi connectivity index (χ2v) is 9.06. The van der Waals surface area contributed by atoms with Crippen molar-refractivity contribution in [2.75, 3.05) is 38.6 Å². The zero-order chi connectivity index (χ0) is 27.4. The number of methoxy groups -OCH3 is 3. The van der Waals surface area contributed by atoms with Crippen LogP contribution in [0.15, 0.2) is 72.8 Å². The number of carbonyl (C=O) groups is 1. The van der Waals surface area contributed by atoms with Gasteiger partial charge in [-0.1, -0.05) is 54.6 Å². The number of H-pyrrole nitrogens is 1. The fourth-order valence-corrected chi connectivity index (χ4v) is 4.92. The number of fused-ring (bicyclic) bond motifs is 2. The van der Waals surface area contributed by atoms with Gasteiger partial charge in [0.05, 0.1) is 26.8 Å². The Labute approximate surface area is 226 Å². The third kappa shape index (κ3) is 5.06. The molecule has 0 atom stereocenters. The van der Waals surface area contributed by atoms with E-state index in [1.54, 1.807) is 19.2 Å². The van der Waals surface area contributed by atoms with E-state index in [-0.39, 0.29) is 12.5 Å². The number of benzene rings is 4. The molecule has 4 N–H and O–H groups in total. The molecule has 0 unspecified atom stereocenters. The monoisotopic (exact) mass is 525 g/mol. The van der Waals surface area contributed by atoms with Gasteiger partial charge in [0.1, 0.15) is 5.69 Å². The number of aromatic amines is 1. The molecule has 8 heteroatoms. The number of anilines is 2. The highest BCUT2D eigenvalue weighted by Gasteiger charge is 2.21. The van der Waals surface area contributed by atoms with Crippen molar-refractivity contribution in [3.63, 3.8) is 0 Å². The number of hydrogen-bond donors (Lipinski definition) is 4. The Balaban J connectivity index is 1.54. The first-order chi connectivity index (χ1) is 19.1. The molecule has 0 saturated heterocycles. The average Bonchev–Trinajstić information content (AvgIpc) is 3.41. The standard InChI is InChI=1S/C31H31N3O5/c1-37-27-16-20-15-26(33-28(20)30(39-3)29(27)38-2)31(36)34-25-17-24(32-18-19-9-5-4-6-10-19)22-12-8-7-11-21(22)23(25)13-14-35/h4-12,15-17,32-33,35H,13-14,18H2,1-3H3,(H,34,36). The average molecular weight is 526 g/mol. The van der Waals surface area contributed by atoms with E-state index >= 15 is 0 Å². The Morgan fingerprint density at radius 3 is 2.26 bits per heavy atom. The summed E-state index contributed by atoms with van der Waals surface area (Å²) < 4.78 is 16.5. The molecule has 4 aromatic carbocycles. The quantitative estimate of drug-likeness (QED) is 0.185. The van der Waals surface area contributed by atoms with E-state index in [4.69, 9.17) is 14.2 Å². The molecular formula is C31H31N3O5. The summed E-state index contributed by atoms with van der Waals surface area (Å²) in [6.07, 6.45) is 0.393. The highest BCUT2D eigenvalue weighted by atomic mass is 16.5. The van der Waals surface area contributed by atoms with Crippen LogP contribution in [0.4, 0.5) is 11.4 Å². The van der Waals surface area contributed by atoms with E-state index in [1.165, 1.54) is 14.2 Å². The molecule has 0 aliphatic carbocycles. The first-order valence-electron chi connectivity index (χ1n) is 12.6. The number of aliphatic hydroxyl groups is 1. The van der Waals surface area contributed by atoms with Gasteiger partial charge < -0.3 is 34.9 Å².